The van der Waals surface area contributed by atoms with Crippen molar-refractivity contribution in [2.45, 2.75) is 19.8 Å². The molecule has 0 saturated carbocycles. The van der Waals surface area contributed by atoms with Crippen molar-refractivity contribution < 1.29 is 0 Å². The van der Waals surface area contributed by atoms with Crippen molar-refractivity contribution in [2.75, 3.05) is 0 Å². The number of allylic oxidation sites excluding steroid dienone is 2. The highest BCUT2D eigenvalue weighted by Gasteiger charge is 1.69. The number of rotatable bonds is 3. The molecular weight excluding hydrogens is 108 g/mol. The smallest absolute Gasteiger partial charge is 0.0715 e. The molecule has 0 saturated heterocycles. The van der Waals surface area contributed by atoms with E-state index in [0.717, 1.165) is 6.42 Å². The summed E-state index contributed by atoms with van der Waals surface area (Å²) in [5, 5.41) is 0. The van der Waals surface area contributed by atoms with Crippen LogP contribution in [0.1, 0.15) is 19.8 Å². The first-order valence-corrected chi connectivity index (χ1v) is 2.94. The average molecular weight is 118 g/mol. The fourth-order valence-corrected chi connectivity index (χ4v) is 0.417. The second kappa shape index (κ2) is 6.03. The van der Waals surface area contributed by atoms with Crippen molar-refractivity contribution in [1.82, 2.24) is 0 Å². The van der Waals surface area contributed by atoms with E-state index in [4.69, 9.17) is 11.6 Å². The molecule has 0 spiro atoms. The monoisotopic (exact) mass is 117 g/mol. The van der Waals surface area contributed by atoms with Gasteiger partial charge in [-0.3, -0.25) is 0 Å². The quantitative estimate of drug-likeness (QED) is 0.533. The van der Waals surface area contributed by atoms with Gasteiger partial charge in [0.2, 0.25) is 0 Å². The Hall–Kier alpha value is 0.0300. The molecule has 0 atom stereocenters. The summed E-state index contributed by atoms with van der Waals surface area (Å²) < 4.78 is 0. The summed E-state index contributed by atoms with van der Waals surface area (Å²) in [7, 11) is 0. The lowest BCUT2D eigenvalue weighted by Gasteiger charge is -1.78. The van der Waals surface area contributed by atoms with Crippen LogP contribution in [0.2, 0.25) is 0 Å². The summed E-state index contributed by atoms with van der Waals surface area (Å²) in [4.78, 5) is 0. The van der Waals surface area contributed by atoms with Gasteiger partial charge in [-0.05, 0) is 6.42 Å². The maximum Gasteiger partial charge on any atom is 0.0715 e. The van der Waals surface area contributed by atoms with Gasteiger partial charge in [0.25, 0.3) is 0 Å². The first kappa shape index (κ1) is 7.03. The molecule has 0 rings (SSSR count). The van der Waals surface area contributed by atoms with E-state index in [1.165, 1.54) is 12.3 Å². The maximum atomic E-state index is 5.23. The molecule has 1 radical (unpaired) electrons. The van der Waals surface area contributed by atoms with E-state index >= 15 is 0 Å². The molecular formula is C6H10Cl. The predicted molar refractivity (Wildman–Crippen MR) is 34.2 cm³/mol. The Labute approximate surface area is 50.2 Å². The zero-order chi connectivity index (χ0) is 5.54. The minimum Gasteiger partial charge on any atom is -0.117 e. The Morgan fingerprint density at radius 3 is 2.71 bits per heavy atom. The van der Waals surface area contributed by atoms with Crippen LogP contribution in [0, 0.1) is 5.88 Å². The lowest BCUT2D eigenvalue weighted by atomic mass is 10.3. The van der Waals surface area contributed by atoms with Crippen LogP contribution in [0.5, 0.6) is 0 Å². The molecule has 0 aromatic heterocycles. The highest BCUT2D eigenvalue weighted by molar-refractivity contribution is 6.24. The first-order chi connectivity index (χ1) is 3.41. The standard InChI is InChI=1S/C6H10Cl/c1-2-3-4-5-6-7/h4-6H,2-3H2,1H3/b5-4+. The van der Waals surface area contributed by atoms with Gasteiger partial charge in [-0.2, -0.15) is 0 Å². The fraction of sp³-hybridized carbons (Fsp3) is 0.500. The van der Waals surface area contributed by atoms with Crippen molar-refractivity contribution in [3.05, 3.63) is 18.0 Å². The van der Waals surface area contributed by atoms with Gasteiger partial charge in [-0.1, -0.05) is 25.5 Å². The summed E-state index contributed by atoms with van der Waals surface area (Å²) in [6.07, 6.45) is 6.22. The van der Waals surface area contributed by atoms with E-state index in [9.17, 15) is 0 Å². The molecule has 0 heterocycles. The highest BCUT2D eigenvalue weighted by Crippen LogP contribution is 1.91. The van der Waals surface area contributed by atoms with Crippen LogP contribution in [0.25, 0.3) is 0 Å². The van der Waals surface area contributed by atoms with E-state index in [0.29, 0.717) is 0 Å². The minimum atomic E-state index is 1.13. The van der Waals surface area contributed by atoms with Gasteiger partial charge in [0.1, 0.15) is 0 Å². The van der Waals surface area contributed by atoms with Crippen molar-refractivity contribution in [3.8, 4) is 0 Å². The van der Waals surface area contributed by atoms with Crippen molar-refractivity contribution in [1.29, 1.82) is 0 Å². The van der Waals surface area contributed by atoms with E-state index in [2.05, 4.69) is 6.92 Å². The van der Waals surface area contributed by atoms with Crippen LogP contribution in [0.4, 0.5) is 0 Å². The van der Waals surface area contributed by atoms with Crippen LogP contribution in [-0.4, -0.2) is 0 Å². The van der Waals surface area contributed by atoms with Crippen molar-refractivity contribution >= 4 is 11.6 Å². The highest BCUT2D eigenvalue weighted by atomic mass is 35.5. The molecule has 0 aliphatic carbocycles. The van der Waals surface area contributed by atoms with Gasteiger partial charge in [-0.15, -0.1) is 11.6 Å². The van der Waals surface area contributed by atoms with Crippen LogP contribution >= 0.6 is 11.6 Å². The molecule has 0 bridgehead atoms. The molecule has 0 aliphatic rings. The summed E-state index contributed by atoms with van der Waals surface area (Å²) in [5.74, 6) is 1.52. The molecule has 7 heavy (non-hydrogen) atoms. The number of hydrogen-bond acceptors (Lipinski definition) is 0. The summed E-state index contributed by atoms with van der Waals surface area (Å²) in [5.41, 5.74) is 0. The largest absolute Gasteiger partial charge is 0.117 e. The second-order valence-corrected chi connectivity index (χ2v) is 1.59. The summed E-state index contributed by atoms with van der Waals surface area (Å²) in [6, 6.07) is 0. The average Bonchev–Trinajstić information content (AvgIpc) is 1.69. The molecule has 0 amide bonds. The lowest BCUT2D eigenvalue weighted by molar-refractivity contribution is 0.958. The molecule has 0 N–H and O–H groups in total. The van der Waals surface area contributed by atoms with Gasteiger partial charge in [-0.25, -0.2) is 0 Å². The fourth-order valence-electron chi connectivity index (χ4n) is 0.314. The van der Waals surface area contributed by atoms with E-state index in [1.807, 2.05) is 12.2 Å². The maximum absolute atomic E-state index is 5.23. The first-order valence-electron chi connectivity index (χ1n) is 2.50. The summed E-state index contributed by atoms with van der Waals surface area (Å²) in [6.45, 7) is 2.14. The van der Waals surface area contributed by atoms with Crippen LogP contribution in [0.3, 0.4) is 0 Å². The van der Waals surface area contributed by atoms with Gasteiger partial charge in [0, 0.05) is 0 Å². The third-order valence-corrected chi connectivity index (χ3v) is 0.810. The Bertz CT molecular complexity index is 48.1. The van der Waals surface area contributed by atoms with E-state index < -0.39 is 0 Å². The molecule has 1 heteroatoms. The Kier molecular flexibility index (Phi) is 6.06. The predicted octanol–water partition coefficient (Wildman–Crippen LogP) is 2.74. The number of hydrogen-bond donors (Lipinski definition) is 0. The topological polar surface area (TPSA) is 0 Å². The lowest BCUT2D eigenvalue weighted by Crippen LogP contribution is -1.58. The summed E-state index contributed by atoms with van der Waals surface area (Å²) >= 11 is 5.23. The zero-order valence-electron chi connectivity index (χ0n) is 4.52. The Balaban J connectivity index is 2.78. The zero-order valence-corrected chi connectivity index (χ0v) is 5.28. The van der Waals surface area contributed by atoms with E-state index in [-0.39, 0.29) is 0 Å². The Morgan fingerprint density at radius 1 is 1.57 bits per heavy atom. The van der Waals surface area contributed by atoms with Crippen molar-refractivity contribution in [2.24, 2.45) is 0 Å². The molecule has 41 valence electrons. The number of halogens is 1. The molecule has 0 aliphatic heterocycles. The molecule has 0 aromatic carbocycles. The van der Waals surface area contributed by atoms with Crippen LogP contribution in [-0.2, 0) is 0 Å². The van der Waals surface area contributed by atoms with Gasteiger partial charge >= 0.3 is 0 Å². The van der Waals surface area contributed by atoms with Crippen LogP contribution in [0.15, 0.2) is 12.2 Å². The molecule has 0 unspecified atom stereocenters. The van der Waals surface area contributed by atoms with Gasteiger partial charge < -0.3 is 0 Å². The third-order valence-electron chi connectivity index (χ3n) is 0.664. The van der Waals surface area contributed by atoms with Gasteiger partial charge in [0.15, 0.2) is 0 Å². The molecule has 0 nitrogen and oxygen atoms in total. The normalized spacial score (nSPS) is 10.6. The Morgan fingerprint density at radius 2 is 2.29 bits per heavy atom. The SMILES string of the molecule is CCC/C=C/[CH]Cl. The van der Waals surface area contributed by atoms with E-state index in [1.54, 1.807) is 0 Å². The van der Waals surface area contributed by atoms with Crippen LogP contribution < -0.4 is 0 Å². The molecule has 0 aromatic rings. The van der Waals surface area contributed by atoms with Gasteiger partial charge in [0.05, 0.1) is 5.88 Å². The number of unbranched alkanes of at least 4 members (excludes halogenated alkanes) is 1. The molecule has 0 fully saturated rings. The minimum absolute atomic E-state index is 1.13. The van der Waals surface area contributed by atoms with Crippen molar-refractivity contribution in [3.63, 3.8) is 0 Å². The second-order valence-electron chi connectivity index (χ2n) is 1.34. The third kappa shape index (κ3) is 6.03.